The summed E-state index contributed by atoms with van der Waals surface area (Å²) in [7, 11) is 0. The molecule has 0 radical (unpaired) electrons. The maximum atomic E-state index is 13.2. The first-order valence-electron chi connectivity index (χ1n) is 8.71. The number of benzene rings is 2. The van der Waals surface area contributed by atoms with E-state index in [2.05, 4.69) is 0 Å². The summed E-state index contributed by atoms with van der Waals surface area (Å²) in [4.78, 5) is 26.3. The Balaban J connectivity index is 1.78. The van der Waals surface area contributed by atoms with Crippen LogP contribution < -0.4 is 0 Å². The fourth-order valence-electron chi connectivity index (χ4n) is 3.84. The van der Waals surface area contributed by atoms with Crippen molar-refractivity contribution in [3.63, 3.8) is 0 Å². The van der Waals surface area contributed by atoms with Gasteiger partial charge in [-0.15, -0.1) is 0 Å². The van der Waals surface area contributed by atoms with Crippen LogP contribution in [0, 0.1) is 0 Å². The summed E-state index contributed by atoms with van der Waals surface area (Å²) in [5.74, 6) is -2.05. The molecule has 0 N–H and O–H groups in total. The van der Waals surface area contributed by atoms with Crippen molar-refractivity contribution in [3.8, 4) is 0 Å². The zero-order valence-electron chi connectivity index (χ0n) is 13.9. The van der Waals surface area contributed by atoms with Gasteiger partial charge in [0.25, 0.3) is 5.79 Å². The highest BCUT2D eigenvalue weighted by Crippen LogP contribution is 2.44. The van der Waals surface area contributed by atoms with Gasteiger partial charge in [-0.2, -0.15) is 0 Å². The molecular weight excluding hydrogens is 316 g/mol. The van der Waals surface area contributed by atoms with Crippen LogP contribution in [0.1, 0.15) is 36.8 Å². The fourth-order valence-corrected chi connectivity index (χ4v) is 3.84. The van der Waals surface area contributed by atoms with Crippen molar-refractivity contribution in [2.75, 3.05) is 0 Å². The van der Waals surface area contributed by atoms with E-state index >= 15 is 0 Å². The van der Waals surface area contributed by atoms with Crippen molar-refractivity contribution in [1.82, 2.24) is 0 Å². The Morgan fingerprint density at radius 3 is 1.84 bits per heavy atom. The molecule has 1 aliphatic heterocycles. The van der Waals surface area contributed by atoms with Crippen molar-refractivity contribution in [2.24, 2.45) is 0 Å². The van der Waals surface area contributed by atoms with Crippen LogP contribution >= 0.6 is 0 Å². The lowest BCUT2D eigenvalue weighted by Gasteiger charge is -2.42. The second-order valence-electron chi connectivity index (χ2n) is 6.83. The number of hydrogen-bond acceptors (Lipinski definition) is 4. The van der Waals surface area contributed by atoms with Gasteiger partial charge in [-0.1, -0.05) is 60.7 Å². The molecule has 0 unspecified atom stereocenters. The van der Waals surface area contributed by atoms with E-state index in [-0.39, 0.29) is 6.42 Å². The largest absolute Gasteiger partial charge is 0.421 e. The van der Waals surface area contributed by atoms with Gasteiger partial charge in [-0.25, -0.2) is 0 Å². The Kier molecular flexibility index (Phi) is 3.83. The van der Waals surface area contributed by atoms with E-state index in [4.69, 9.17) is 9.47 Å². The smallest absolute Gasteiger partial charge is 0.331 e. The molecule has 1 heterocycles. The van der Waals surface area contributed by atoms with Gasteiger partial charge in [0.1, 0.15) is 0 Å². The SMILES string of the molecule is O=C1OC2(CCCC2)OC(=O)C1(Cc1ccccc1)c1ccccc1. The van der Waals surface area contributed by atoms with Gasteiger partial charge in [0.15, 0.2) is 5.41 Å². The quantitative estimate of drug-likeness (QED) is 0.635. The molecule has 2 aromatic carbocycles. The van der Waals surface area contributed by atoms with Crippen LogP contribution in [0.4, 0.5) is 0 Å². The van der Waals surface area contributed by atoms with E-state index in [0.717, 1.165) is 18.4 Å². The Morgan fingerprint density at radius 2 is 1.28 bits per heavy atom. The second-order valence-corrected chi connectivity index (χ2v) is 6.83. The third-order valence-corrected chi connectivity index (χ3v) is 5.20. The third kappa shape index (κ3) is 2.62. The van der Waals surface area contributed by atoms with Gasteiger partial charge in [-0.3, -0.25) is 9.59 Å². The summed E-state index contributed by atoms with van der Waals surface area (Å²) in [6.07, 6.45) is 3.20. The predicted octanol–water partition coefficient (Wildman–Crippen LogP) is 3.54. The number of hydrogen-bond donors (Lipinski definition) is 0. The lowest BCUT2D eigenvalue weighted by molar-refractivity contribution is -0.253. The van der Waals surface area contributed by atoms with Crippen LogP contribution in [0.15, 0.2) is 60.7 Å². The molecule has 0 bridgehead atoms. The lowest BCUT2D eigenvalue weighted by atomic mass is 9.74. The molecule has 1 saturated carbocycles. The molecule has 1 aliphatic carbocycles. The van der Waals surface area contributed by atoms with E-state index in [1.165, 1.54) is 0 Å². The molecule has 4 nitrogen and oxygen atoms in total. The van der Waals surface area contributed by atoms with Crippen LogP contribution in [-0.4, -0.2) is 17.7 Å². The van der Waals surface area contributed by atoms with E-state index < -0.39 is 23.1 Å². The summed E-state index contributed by atoms with van der Waals surface area (Å²) < 4.78 is 11.5. The summed E-state index contributed by atoms with van der Waals surface area (Å²) in [5, 5.41) is 0. The van der Waals surface area contributed by atoms with E-state index in [1.54, 1.807) is 12.1 Å². The van der Waals surface area contributed by atoms with Crippen LogP contribution in [-0.2, 0) is 30.9 Å². The van der Waals surface area contributed by atoms with Crippen LogP contribution in [0.5, 0.6) is 0 Å². The zero-order valence-corrected chi connectivity index (χ0v) is 13.9. The second kappa shape index (κ2) is 6.03. The average molecular weight is 336 g/mol. The molecule has 0 aromatic heterocycles. The van der Waals surface area contributed by atoms with Crippen molar-refractivity contribution in [1.29, 1.82) is 0 Å². The molecule has 4 heteroatoms. The average Bonchev–Trinajstić information content (AvgIpc) is 3.07. The molecule has 1 saturated heterocycles. The Labute approximate surface area is 146 Å². The van der Waals surface area contributed by atoms with Gasteiger partial charge in [0, 0.05) is 19.3 Å². The Morgan fingerprint density at radius 1 is 0.760 bits per heavy atom. The number of carbonyl (C=O) groups is 2. The monoisotopic (exact) mass is 336 g/mol. The zero-order chi connectivity index (χ0) is 17.3. The number of carbonyl (C=O) groups excluding carboxylic acids is 2. The number of ether oxygens (including phenoxy) is 2. The maximum Gasteiger partial charge on any atom is 0.331 e. The molecule has 2 fully saturated rings. The molecule has 2 aliphatic rings. The summed E-state index contributed by atoms with van der Waals surface area (Å²) in [6, 6.07) is 18.6. The van der Waals surface area contributed by atoms with Crippen LogP contribution in [0.2, 0.25) is 0 Å². The first kappa shape index (κ1) is 15.9. The third-order valence-electron chi connectivity index (χ3n) is 5.20. The molecule has 128 valence electrons. The first-order valence-corrected chi connectivity index (χ1v) is 8.71. The molecule has 2 aromatic rings. The highest BCUT2D eigenvalue weighted by molar-refractivity contribution is 6.08. The Bertz CT molecular complexity index is 756. The highest BCUT2D eigenvalue weighted by Gasteiger charge is 2.60. The minimum Gasteiger partial charge on any atom is -0.421 e. The molecule has 25 heavy (non-hydrogen) atoms. The standard InChI is InChI=1S/C21H20O4/c22-18-21(17-11-5-2-6-12-17,15-16-9-3-1-4-10-16)19(23)25-20(24-18)13-7-8-14-20/h1-6,9-12H,7-8,13-15H2. The van der Waals surface area contributed by atoms with Crippen molar-refractivity contribution in [3.05, 3.63) is 71.8 Å². The molecule has 4 rings (SSSR count). The fraction of sp³-hybridized carbons (Fsp3) is 0.333. The van der Waals surface area contributed by atoms with Gasteiger partial charge < -0.3 is 9.47 Å². The van der Waals surface area contributed by atoms with E-state index in [9.17, 15) is 9.59 Å². The van der Waals surface area contributed by atoms with Crippen LogP contribution in [0.25, 0.3) is 0 Å². The van der Waals surface area contributed by atoms with E-state index in [1.807, 2.05) is 48.5 Å². The summed E-state index contributed by atoms with van der Waals surface area (Å²) in [6.45, 7) is 0. The summed E-state index contributed by atoms with van der Waals surface area (Å²) in [5.41, 5.74) is 0.0560. The van der Waals surface area contributed by atoms with Gasteiger partial charge in [0.2, 0.25) is 0 Å². The van der Waals surface area contributed by atoms with Gasteiger partial charge in [0.05, 0.1) is 0 Å². The van der Waals surface area contributed by atoms with Crippen molar-refractivity contribution >= 4 is 11.9 Å². The minimum atomic E-state index is -1.45. The maximum absolute atomic E-state index is 13.2. The first-order chi connectivity index (χ1) is 12.1. The molecule has 1 spiro atoms. The van der Waals surface area contributed by atoms with E-state index in [0.29, 0.717) is 18.4 Å². The Hall–Kier alpha value is -2.62. The van der Waals surface area contributed by atoms with Crippen molar-refractivity contribution < 1.29 is 19.1 Å². The number of esters is 2. The minimum absolute atomic E-state index is 0.228. The van der Waals surface area contributed by atoms with Crippen LogP contribution in [0.3, 0.4) is 0 Å². The summed E-state index contributed by atoms with van der Waals surface area (Å²) >= 11 is 0. The van der Waals surface area contributed by atoms with Gasteiger partial charge >= 0.3 is 11.9 Å². The molecule has 0 atom stereocenters. The van der Waals surface area contributed by atoms with Crippen molar-refractivity contribution in [2.45, 2.75) is 43.3 Å². The molecular formula is C21H20O4. The highest BCUT2D eigenvalue weighted by atomic mass is 16.7. The molecule has 0 amide bonds. The van der Waals surface area contributed by atoms with Gasteiger partial charge in [-0.05, 0) is 24.0 Å². The topological polar surface area (TPSA) is 52.6 Å². The number of rotatable bonds is 3. The normalized spacial score (nSPS) is 21.0. The lowest BCUT2D eigenvalue weighted by Crippen LogP contribution is -2.58. The predicted molar refractivity (Wildman–Crippen MR) is 91.6 cm³/mol.